The quantitative estimate of drug-likeness (QED) is 0.725. The number of amides is 1. The summed E-state index contributed by atoms with van der Waals surface area (Å²) >= 11 is 0. The van der Waals surface area contributed by atoms with Crippen molar-refractivity contribution >= 4 is 17.6 Å². The molecule has 1 amide bonds. The first-order valence-corrected chi connectivity index (χ1v) is 8.77. The number of anilines is 1. The summed E-state index contributed by atoms with van der Waals surface area (Å²) in [5, 5.41) is 2.75. The van der Waals surface area contributed by atoms with E-state index in [2.05, 4.69) is 5.32 Å². The summed E-state index contributed by atoms with van der Waals surface area (Å²) in [5.41, 5.74) is 2.11. The average Bonchev–Trinajstić information content (AvgIpc) is 2.65. The van der Waals surface area contributed by atoms with Crippen LogP contribution in [-0.4, -0.2) is 25.1 Å². The number of esters is 1. The molecule has 0 aliphatic rings. The number of carbonyl (C=O) groups is 2. The van der Waals surface area contributed by atoms with E-state index in [1.165, 1.54) is 0 Å². The molecule has 0 bridgehead atoms. The Labute approximate surface area is 154 Å². The summed E-state index contributed by atoms with van der Waals surface area (Å²) in [5.74, 6) is 0.380. The molecule has 0 fully saturated rings. The molecule has 2 aromatic carbocycles. The second-order valence-electron chi connectivity index (χ2n) is 6.37. The van der Waals surface area contributed by atoms with E-state index in [1.807, 2.05) is 45.0 Å². The van der Waals surface area contributed by atoms with Crippen LogP contribution in [-0.2, 0) is 16.0 Å². The van der Waals surface area contributed by atoms with Crippen molar-refractivity contribution in [3.05, 3.63) is 59.7 Å². The molecular formula is C21H25NO4. The van der Waals surface area contributed by atoms with Crippen LogP contribution in [0.5, 0.6) is 5.75 Å². The molecule has 0 unspecified atom stereocenters. The summed E-state index contributed by atoms with van der Waals surface area (Å²) in [7, 11) is 0. The topological polar surface area (TPSA) is 64.6 Å². The largest absolute Gasteiger partial charge is 0.483 e. The van der Waals surface area contributed by atoms with Gasteiger partial charge in [0.2, 0.25) is 0 Å². The van der Waals surface area contributed by atoms with Gasteiger partial charge in [-0.1, -0.05) is 39.0 Å². The minimum Gasteiger partial charge on any atom is -0.483 e. The van der Waals surface area contributed by atoms with Gasteiger partial charge in [0.05, 0.1) is 12.2 Å². The van der Waals surface area contributed by atoms with E-state index in [0.29, 0.717) is 23.6 Å². The highest BCUT2D eigenvalue weighted by molar-refractivity contribution is 5.93. The fraction of sp³-hybridized carbons (Fsp3) is 0.333. The first-order valence-electron chi connectivity index (χ1n) is 8.77. The van der Waals surface area contributed by atoms with Crippen LogP contribution in [0.4, 0.5) is 5.69 Å². The molecular weight excluding hydrogens is 330 g/mol. The predicted molar refractivity (Wildman–Crippen MR) is 102 cm³/mol. The number of rotatable bonds is 8. The summed E-state index contributed by atoms with van der Waals surface area (Å²) in [6.07, 6.45) is 0.839. The smallest absolute Gasteiger partial charge is 0.338 e. The number of nitrogens with one attached hydrogen (secondary N) is 1. The van der Waals surface area contributed by atoms with Crippen LogP contribution in [0.2, 0.25) is 0 Å². The molecule has 0 radical (unpaired) electrons. The molecule has 1 N–H and O–H groups in total. The van der Waals surface area contributed by atoms with Gasteiger partial charge >= 0.3 is 5.97 Å². The fourth-order valence-corrected chi connectivity index (χ4v) is 2.29. The van der Waals surface area contributed by atoms with Gasteiger partial charge < -0.3 is 14.8 Å². The Morgan fingerprint density at radius 3 is 2.38 bits per heavy atom. The van der Waals surface area contributed by atoms with Crippen molar-refractivity contribution in [3.8, 4) is 5.75 Å². The number of hydrogen-bond acceptors (Lipinski definition) is 4. The maximum absolute atomic E-state index is 12.1. The standard InChI is InChI=1S/C21H25NO4/c1-4-16-7-5-6-8-19(16)25-14-20(23)22-18-11-9-17(10-12-18)21(24)26-13-15(2)3/h5-12,15H,4,13-14H2,1-3H3,(H,22,23). The normalized spacial score (nSPS) is 10.5. The fourth-order valence-electron chi connectivity index (χ4n) is 2.29. The van der Waals surface area contributed by atoms with Gasteiger partial charge in [-0.05, 0) is 48.2 Å². The van der Waals surface area contributed by atoms with Crippen molar-refractivity contribution < 1.29 is 19.1 Å². The van der Waals surface area contributed by atoms with Gasteiger partial charge in [0, 0.05) is 5.69 Å². The third-order valence-electron chi connectivity index (χ3n) is 3.66. The van der Waals surface area contributed by atoms with E-state index in [-0.39, 0.29) is 24.4 Å². The third kappa shape index (κ3) is 5.92. The van der Waals surface area contributed by atoms with E-state index >= 15 is 0 Å². The second-order valence-corrected chi connectivity index (χ2v) is 6.37. The summed E-state index contributed by atoms with van der Waals surface area (Å²) < 4.78 is 10.8. The molecule has 26 heavy (non-hydrogen) atoms. The number of para-hydroxylation sites is 1. The lowest BCUT2D eigenvalue weighted by atomic mass is 10.1. The number of benzene rings is 2. The average molecular weight is 355 g/mol. The Hall–Kier alpha value is -2.82. The Bertz CT molecular complexity index is 738. The number of hydrogen-bond donors (Lipinski definition) is 1. The van der Waals surface area contributed by atoms with Gasteiger partial charge in [-0.25, -0.2) is 4.79 Å². The van der Waals surface area contributed by atoms with E-state index in [4.69, 9.17) is 9.47 Å². The maximum Gasteiger partial charge on any atom is 0.338 e. The van der Waals surface area contributed by atoms with Gasteiger partial charge in [-0.3, -0.25) is 4.79 Å². The molecule has 138 valence electrons. The van der Waals surface area contributed by atoms with Crippen LogP contribution in [0.3, 0.4) is 0 Å². The van der Waals surface area contributed by atoms with Crippen molar-refractivity contribution in [3.63, 3.8) is 0 Å². The lowest BCUT2D eigenvalue weighted by Crippen LogP contribution is -2.20. The van der Waals surface area contributed by atoms with Gasteiger partial charge in [-0.2, -0.15) is 0 Å². The zero-order valence-corrected chi connectivity index (χ0v) is 15.5. The van der Waals surface area contributed by atoms with Gasteiger partial charge in [-0.15, -0.1) is 0 Å². The highest BCUT2D eigenvalue weighted by Crippen LogP contribution is 2.18. The van der Waals surface area contributed by atoms with Gasteiger partial charge in [0.1, 0.15) is 5.75 Å². The van der Waals surface area contributed by atoms with Crippen molar-refractivity contribution in [1.82, 2.24) is 0 Å². The SMILES string of the molecule is CCc1ccccc1OCC(=O)Nc1ccc(C(=O)OCC(C)C)cc1. The molecule has 0 spiro atoms. The van der Waals surface area contributed by atoms with E-state index in [1.54, 1.807) is 24.3 Å². The Kier molecular flexibility index (Phi) is 7.21. The van der Waals surface area contributed by atoms with E-state index < -0.39 is 0 Å². The summed E-state index contributed by atoms with van der Waals surface area (Å²) in [4.78, 5) is 23.9. The minimum atomic E-state index is -0.365. The van der Waals surface area contributed by atoms with Crippen LogP contribution in [0.25, 0.3) is 0 Å². The molecule has 2 rings (SSSR count). The first-order chi connectivity index (χ1) is 12.5. The summed E-state index contributed by atoms with van der Waals surface area (Å²) in [6, 6.07) is 14.3. The van der Waals surface area contributed by atoms with Crippen molar-refractivity contribution in [1.29, 1.82) is 0 Å². The first kappa shape index (κ1) is 19.5. The van der Waals surface area contributed by atoms with Gasteiger partial charge in [0.15, 0.2) is 6.61 Å². The van der Waals surface area contributed by atoms with Crippen molar-refractivity contribution in [2.75, 3.05) is 18.5 Å². The molecule has 5 heteroatoms. The Balaban J connectivity index is 1.86. The Morgan fingerprint density at radius 1 is 1.04 bits per heavy atom. The molecule has 2 aromatic rings. The highest BCUT2D eigenvalue weighted by atomic mass is 16.5. The lowest BCUT2D eigenvalue weighted by Gasteiger charge is -2.11. The van der Waals surface area contributed by atoms with Crippen molar-refractivity contribution in [2.45, 2.75) is 27.2 Å². The molecule has 0 aromatic heterocycles. The third-order valence-corrected chi connectivity index (χ3v) is 3.66. The van der Waals surface area contributed by atoms with Crippen molar-refractivity contribution in [2.24, 2.45) is 5.92 Å². The molecule has 0 saturated carbocycles. The maximum atomic E-state index is 12.1. The van der Waals surface area contributed by atoms with Gasteiger partial charge in [0.25, 0.3) is 5.91 Å². The molecule has 0 heterocycles. The zero-order chi connectivity index (χ0) is 18.9. The van der Waals surface area contributed by atoms with E-state index in [0.717, 1.165) is 12.0 Å². The van der Waals surface area contributed by atoms with Crippen LogP contribution in [0, 0.1) is 5.92 Å². The van der Waals surface area contributed by atoms with Crippen LogP contribution < -0.4 is 10.1 Å². The molecule has 0 aliphatic carbocycles. The Morgan fingerprint density at radius 2 is 1.73 bits per heavy atom. The predicted octanol–water partition coefficient (Wildman–Crippen LogP) is 4.08. The molecule has 5 nitrogen and oxygen atoms in total. The highest BCUT2D eigenvalue weighted by Gasteiger charge is 2.10. The molecule has 0 saturated heterocycles. The number of aryl methyl sites for hydroxylation is 1. The minimum absolute atomic E-state index is 0.0742. The second kappa shape index (κ2) is 9.61. The molecule has 0 aliphatic heterocycles. The zero-order valence-electron chi connectivity index (χ0n) is 15.5. The number of carbonyl (C=O) groups excluding carboxylic acids is 2. The number of ether oxygens (including phenoxy) is 2. The van der Waals surface area contributed by atoms with Crippen LogP contribution >= 0.6 is 0 Å². The van der Waals surface area contributed by atoms with E-state index in [9.17, 15) is 9.59 Å². The monoisotopic (exact) mass is 355 g/mol. The van der Waals surface area contributed by atoms with Crippen LogP contribution in [0.1, 0.15) is 36.7 Å². The lowest BCUT2D eigenvalue weighted by molar-refractivity contribution is -0.118. The summed E-state index contributed by atoms with van der Waals surface area (Å²) in [6.45, 7) is 6.30. The van der Waals surface area contributed by atoms with Crippen LogP contribution in [0.15, 0.2) is 48.5 Å². The molecule has 0 atom stereocenters.